The summed E-state index contributed by atoms with van der Waals surface area (Å²) in [5, 5.41) is 3.28. The van der Waals surface area contributed by atoms with Crippen LogP contribution in [0.25, 0.3) is 6.08 Å². The molecule has 17 heavy (non-hydrogen) atoms. The number of furan rings is 1. The van der Waals surface area contributed by atoms with Crippen molar-refractivity contribution in [1.82, 2.24) is 4.98 Å². The van der Waals surface area contributed by atoms with Crippen LogP contribution in [-0.4, -0.2) is 10.9 Å². The summed E-state index contributed by atoms with van der Waals surface area (Å²) in [7, 11) is 0. The van der Waals surface area contributed by atoms with Crippen molar-refractivity contribution < 1.29 is 9.21 Å². The molecule has 5 heteroatoms. The van der Waals surface area contributed by atoms with Crippen molar-refractivity contribution in [2.75, 3.05) is 5.32 Å². The zero-order chi connectivity index (χ0) is 12.3. The van der Waals surface area contributed by atoms with Gasteiger partial charge in [-0.15, -0.1) is 11.3 Å². The molecule has 0 aromatic carbocycles. The second-order valence-corrected chi connectivity index (χ2v) is 4.78. The zero-order valence-electron chi connectivity index (χ0n) is 9.56. The van der Waals surface area contributed by atoms with Crippen molar-refractivity contribution in [3.8, 4) is 0 Å². The third-order valence-corrected chi connectivity index (χ3v) is 2.84. The number of hydrogen-bond acceptors (Lipinski definition) is 4. The summed E-state index contributed by atoms with van der Waals surface area (Å²) >= 11 is 1.44. The zero-order valence-corrected chi connectivity index (χ0v) is 10.4. The molecule has 0 aliphatic carbocycles. The monoisotopic (exact) mass is 248 g/mol. The van der Waals surface area contributed by atoms with Crippen LogP contribution in [0.5, 0.6) is 0 Å². The third-order valence-electron chi connectivity index (χ3n) is 2.01. The molecule has 2 heterocycles. The SMILES string of the molecule is Cc1ccc(/C=C/C(=O)Nc2ncc(C)s2)o1. The van der Waals surface area contributed by atoms with E-state index in [4.69, 9.17) is 4.42 Å². The maximum absolute atomic E-state index is 11.5. The number of carbonyl (C=O) groups excluding carboxylic acids is 1. The molecule has 0 saturated heterocycles. The van der Waals surface area contributed by atoms with E-state index in [9.17, 15) is 4.79 Å². The molecule has 0 saturated carbocycles. The first-order chi connectivity index (χ1) is 8.13. The predicted molar refractivity (Wildman–Crippen MR) is 68.0 cm³/mol. The molecule has 0 bridgehead atoms. The van der Waals surface area contributed by atoms with E-state index in [0.29, 0.717) is 10.9 Å². The minimum atomic E-state index is -0.214. The number of nitrogens with zero attached hydrogens (tertiary/aromatic N) is 1. The molecule has 2 aromatic rings. The Kier molecular flexibility index (Phi) is 3.39. The highest BCUT2D eigenvalue weighted by Crippen LogP contribution is 2.16. The summed E-state index contributed by atoms with van der Waals surface area (Å²) in [5.74, 6) is 1.27. The van der Waals surface area contributed by atoms with Gasteiger partial charge >= 0.3 is 0 Å². The van der Waals surface area contributed by atoms with E-state index < -0.39 is 0 Å². The number of carbonyl (C=O) groups is 1. The quantitative estimate of drug-likeness (QED) is 0.849. The Morgan fingerprint density at radius 1 is 1.47 bits per heavy atom. The first-order valence-corrected chi connectivity index (χ1v) is 5.93. The highest BCUT2D eigenvalue weighted by molar-refractivity contribution is 7.15. The fraction of sp³-hybridized carbons (Fsp3) is 0.167. The largest absolute Gasteiger partial charge is 0.462 e. The van der Waals surface area contributed by atoms with Crippen LogP contribution in [0.3, 0.4) is 0 Å². The molecule has 0 radical (unpaired) electrons. The van der Waals surface area contributed by atoms with Gasteiger partial charge in [0.15, 0.2) is 5.13 Å². The van der Waals surface area contributed by atoms with E-state index in [1.807, 2.05) is 26.0 Å². The van der Waals surface area contributed by atoms with E-state index in [-0.39, 0.29) is 5.91 Å². The molecule has 0 unspecified atom stereocenters. The van der Waals surface area contributed by atoms with Gasteiger partial charge in [-0.3, -0.25) is 10.1 Å². The smallest absolute Gasteiger partial charge is 0.250 e. The van der Waals surface area contributed by atoms with Crippen LogP contribution in [0.15, 0.2) is 28.8 Å². The van der Waals surface area contributed by atoms with Gasteiger partial charge in [-0.25, -0.2) is 4.98 Å². The van der Waals surface area contributed by atoms with Crippen LogP contribution >= 0.6 is 11.3 Å². The summed E-state index contributed by atoms with van der Waals surface area (Å²) in [6.07, 6.45) is 4.78. The van der Waals surface area contributed by atoms with E-state index in [2.05, 4.69) is 10.3 Å². The molecule has 88 valence electrons. The van der Waals surface area contributed by atoms with Crippen LogP contribution in [0, 0.1) is 13.8 Å². The molecular weight excluding hydrogens is 236 g/mol. The van der Waals surface area contributed by atoms with Crippen LogP contribution < -0.4 is 5.32 Å². The van der Waals surface area contributed by atoms with Crippen molar-refractivity contribution in [3.63, 3.8) is 0 Å². The van der Waals surface area contributed by atoms with E-state index in [1.54, 1.807) is 12.3 Å². The molecule has 0 aliphatic heterocycles. The second-order valence-electron chi connectivity index (χ2n) is 3.55. The average molecular weight is 248 g/mol. The fourth-order valence-electron chi connectivity index (χ4n) is 1.26. The van der Waals surface area contributed by atoms with Crippen LogP contribution in [-0.2, 0) is 4.79 Å². The maximum atomic E-state index is 11.5. The molecule has 4 nitrogen and oxygen atoms in total. The van der Waals surface area contributed by atoms with E-state index in [0.717, 1.165) is 10.6 Å². The van der Waals surface area contributed by atoms with Gasteiger partial charge in [0.2, 0.25) is 5.91 Å². The van der Waals surface area contributed by atoms with Crippen molar-refractivity contribution in [2.24, 2.45) is 0 Å². The number of aromatic nitrogens is 1. The molecule has 0 aliphatic rings. The Labute approximate surface area is 103 Å². The Balaban J connectivity index is 1.95. The van der Waals surface area contributed by atoms with Crippen molar-refractivity contribution in [2.45, 2.75) is 13.8 Å². The van der Waals surface area contributed by atoms with Gasteiger partial charge in [-0.2, -0.15) is 0 Å². The predicted octanol–water partition coefficient (Wildman–Crippen LogP) is 3.00. The first kappa shape index (κ1) is 11.6. The third kappa shape index (κ3) is 3.29. The lowest BCUT2D eigenvalue weighted by atomic mass is 10.4. The van der Waals surface area contributed by atoms with Gasteiger partial charge < -0.3 is 4.42 Å². The minimum Gasteiger partial charge on any atom is -0.462 e. The normalized spacial score (nSPS) is 10.9. The second kappa shape index (κ2) is 4.97. The van der Waals surface area contributed by atoms with Gasteiger partial charge in [0.25, 0.3) is 0 Å². The molecule has 0 atom stereocenters. The highest BCUT2D eigenvalue weighted by Gasteiger charge is 2.02. The summed E-state index contributed by atoms with van der Waals surface area (Å²) in [4.78, 5) is 16.6. The highest BCUT2D eigenvalue weighted by atomic mass is 32.1. The molecular formula is C12H12N2O2S. The van der Waals surface area contributed by atoms with Crippen molar-refractivity contribution >= 4 is 28.5 Å². The summed E-state index contributed by atoms with van der Waals surface area (Å²) in [5.41, 5.74) is 0. The summed E-state index contributed by atoms with van der Waals surface area (Å²) < 4.78 is 5.31. The topological polar surface area (TPSA) is 55.1 Å². The fourth-order valence-corrected chi connectivity index (χ4v) is 1.93. The number of rotatable bonds is 3. The lowest BCUT2D eigenvalue weighted by molar-refractivity contribution is -0.111. The average Bonchev–Trinajstić information content (AvgIpc) is 2.85. The Bertz CT molecular complexity index is 554. The minimum absolute atomic E-state index is 0.214. The van der Waals surface area contributed by atoms with Gasteiger partial charge in [0, 0.05) is 17.2 Å². The van der Waals surface area contributed by atoms with Gasteiger partial charge in [-0.1, -0.05) is 0 Å². The van der Waals surface area contributed by atoms with Gasteiger partial charge in [0.1, 0.15) is 11.5 Å². The molecule has 1 amide bonds. The molecule has 1 N–H and O–H groups in total. The summed E-state index contributed by atoms with van der Waals surface area (Å²) in [6, 6.07) is 3.66. The summed E-state index contributed by atoms with van der Waals surface area (Å²) in [6.45, 7) is 3.80. The van der Waals surface area contributed by atoms with Crippen LogP contribution in [0.1, 0.15) is 16.4 Å². The number of hydrogen-bond donors (Lipinski definition) is 1. The Morgan fingerprint density at radius 2 is 2.29 bits per heavy atom. The van der Waals surface area contributed by atoms with Crippen molar-refractivity contribution in [1.29, 1.82) is 0 Å². The Morgan fingerprint density at radius 3 is 2.88 bits per heavy atom. The lowest BCUT2D eigenvalue weighted by Crippen LogP contribution is -2.06. The van der Waals surface area contributed by atoms with E-state index >= 15 is 0 Å². The molecule has 2 aromatic heterocycles. The molecule has 0 spiro atoms. The lowest BCUT2D eigenvalue weighted by Gasteiger charge is -1.94. The van der Waals surface area contributed by atoms with Gasteiger partial charge in [-0.05, 0) is 32.1 Å². The van der Waals surface area contributed by atoms with E-state index in [1.165, 1.54) is 17.4 Å². The number of aryl methyl sites for hydroxylation is 2. The number of amides is 1. The maximum Gasteiger partial charge on any atom is 0.250 e. The molecule has 0 fully saturated rings. The number of anilines is 1. The van der Waals surface area contributed by atoms with Crippen LogP contribution in [0.4, 0.5) is 5.13 Å². The first-order valence-electron chi connectivity index (χ1n) is 5.11. The van der Waals surface area contributed by atoms with Gasteiger partial charge in [0.05, 0.1) is 0 Å². The van der Waals surface area contributed by atoms with Crippen molar-refractivity contribution in [3.05, 3.63) is 40.8 Å². The number of thiazole rings is 1. The number of nitrogens with one attached hydrogen (secondary N) is 1. The standard InChI is InChI=1S/C12H12N2O2S/c1-8-3-4-10(16-8)5-6-11(15)14-12-13-7-9(2)17-12/h3-7H,1-2H3,(H,13,14,15)/b6-5+. The molecule has 2 rings (SSSR count). The van der Waals surface area contributed by atoms with Crippen LogP contribution in [0.2, 0.25) is 0 Å². The Hall–Kier alpha value is -1.88.